The Morgan fingerprint density at radius 1 is 1.45 bits per heavy atom. The molecule has 4 N–H and O–H groups in total. The van der Waals surface area contributed by atoms with Crippen LogP contribution in [0.3, 0.4) is 0 Å². The molecule has 0 radical (unpaired) electrons. The molecule has 112 valence electrons. The number of carbonyl (C=O) groups excluding carboxylic acids is 1. The summed E-state index contributed by atoms with van der Waals surface area (Å²) in [6.45, 7) is 5.50. The molecule has 1 aromatic carbocycles. The molecular weight excluding hydrogens is 254 g/mol. The molecule has 0 aromatic heterocycles. The van der Waals surface area contributed by atoms with Gasteiger partial charge in [-0.25, -0.2) is 0 Å². The molecule has 0 bridgehead atoms. The number of nitrogens with two attached hydrogens (primary N) is 1. The zero-order valence-corrected chi connectivity index (χ0v) is 12.7. The largest absolute Gasteiger partial charge is 0.388 e. The molecule has 0 heterocycles. The van der Waals surface area contributed by atoms with E-state index in [-0.39, 0.29) is 0 Å². The van der Waals surface area contributed by atoms with Gasteiger partial charge >= 0.3 is 0 Å². The van der Waals surface area contributed by atoms with E-state index < -0.39 is 11.5 Å². The Bertz CT molecular complexity index is 470. The molecule has 0 spiro atoms. The SMILES string of the molecule is Cc1cc(C(N)=O)ccc1CNCC(C)(O)CN(C)C. The molecule has 0 aliphatic carbocycles. The van der Waals surface area contributed by atoms with Gasteiger partial charge in [-0.15, -0.1) is 0 Å². The number of benzene rings is 1. The molecule has 1 aromatic rings. The predicted molar refractivity (Wildman–Crippen MR) is 80.6 cm³/mol. The second-order valence-corrected chi connectivity index (χ2v) is 5.84. The van der Waals surface area contributed by atoms with E-state index in [0.717, 1.165) is 11.1 Å². The number of primary amides is 1. The van der Waals surface area contributed by atoms with Crippen molar-refractivity contribution in [2.24, 2.45) is 5.73 Å². The van der Waals surface area contributed by atoms with Crippen LogP contribution in [-0.4, -0.2) is 48.7 Å². The van der Waals surface area contributed by atoms with E-state index in [1.807, 2.05) is 38.9 Å². The summed E-state index contributed by atoms with van der Waals surface area (Å²) >= 11 is 0. The molecule has 20 heavy (non-hydrogen) atoms. The lowest BCUT2D eigenvalue weighted by atomic mass is 10.0. The van der Waals surface area contributed by atoms with Crippen LogP contribution in [0.5, 0.6) is 0 Å². The topological polar surface area (TPSA) is 78.6 Å². The van der Waals surface area contributed by atoms with Gasteiger partial charge in [0.25, 0.3) is 0 Å². The van der Waals surface area contributed by atoms with Gasteiger partial charge in [0.15, 0.2) is 0 Å². The number of nitrogens with zero attached hydrogens (tertiary/aromatic N) is 1. The first kappa shape index (κ1) is 16.6. The minimum Gasteiger partial charge on any atom is -0.388 e. The first-order valence-corrected chi connectivity index (χ1v) is 6.68. The summed E-state index contributed by atoms with van der Waals surface area (Å²) in [5.74, 6) is -0.415. The van der Waals surface area contributed by atoms with Gasteiger partial charge < -0.3 is 21.1 Å². The van der Waals surface area contributed by atoms with Crippen molar-refractivity contribution in [1.29, 1.82) is 0 Å². The lowest BCUT2D eigenvalue weighted by Gasteiger charge is -2.27. The fraction of sp³-hybridized carbons (Fsp3) is 0.533. The molecule has 1 atom stereocenters. The number of amides is 1. The van der Waals surface area contributed by atoms with Crippen molar-refractivity contribution in [2.45, 2.75) is 26.0 Å². The average molecular weight is 279 g/mol. The molecule has 0 saturated heterocycles. The van der Waals surface area contributed by atoms with E-state index in [2.05, 4.69) is 5.32 Å². The molecular formula is C15H25N3O2. The van der Waals surface area contributed by atoms with Crippen LogP contribution in [0, 0.1) is 6.92 Å². The molecule has 0 aliphatic heterocycles. The summed E-state index contributed by atoms with van der Waals surface area (Å²) in [6.07, 6.45) is 0. The van der Waals surface area contributed by atoms with Gasteiger partial charge in [-0.3, -0.25) is 4.79 Å². The predicted octanol–water partition coefficient (Wildman–Crippen LogP) is 0.496. The summed E-state index contributed by atoms with van der Waals surface area (Å²) in [5.41, 5.74) is 7.10. The molecule has 1 unspecified atom stereocenters. The summed E-state index contributed by atoms with van der Waals surface area (Å²) < 4.78 is 0. The van der Waals surface area contributed by atoms with Gasteiger partial charge in [0, 0.05) is 25.2 Å². The van der Waals surface area contributed by atoms with E-state index in [0.29, 0.717) is 25.2 Å². The van der Waals surface area contributed by atoms with Gasteiger partial charge in [0.2, 0.25) is 5.91 Å². The Morgan fingerprint density at radius 3 is 2.60 bits per heavy atom. The van der Waals surface area contributed by atoms with E-state index in [9.17, 15) is 9.90 Å². The minimum absolute atomic E-state index is 0.415. The van der Waals surface area contributed by atoms with Crippen LogP contribution in [0.1, 0.15) is 28.4 Å². The number of likely N-dealkylation sites (N-methyl/N-ethyl adjacent to an activating group) is 1. The second-order valence-electron chi connectivity index (χ2n) is 5.84. The van der Waals surface area contributed by atoms with Crippen molar-refractivity contribution < 1.29 is 9.90 Å². The highest BCUT2D eigenvalue weighted by Crippen LogP contribution is 2.11. The van der Waals surface area contributed by atoms with Gasteiger partial charge in [-0.05, 0) is 51.2 Å². The van der Waals surface area contributed by atoms with Crippen LogP contribution in [0.4, 0.5) is 0 Å². The standard InChI is InChI=1S/C15H25N3O2/c1-11-7-12(14(16)19)5-6-13(11)8-17-9-15(2,20)10-18(3)4/h5-7,17,20H,8-10H2,1-4H3,(H2,16,19). The quantitative estimate of drug-likeness (QED) is 0.679. The summed E-state index contributed by atoms with van der Waals surface area (Å²) in [4.78, 5) is 13.0. The number of carbonyl (C=O) groups is 1. The summed E-state index contributed by atoms with van der Waals surface area (Å²) in [5, 5.41) is 13.4. The highest BCUT2D eigenvalue weighted by molar-refractivity contribution is 5.93. The first-order chi connectivity index (χ1) is 9.21. The van der Waals surface area contributed by atoms with Crippen LogP contribution in [-0.2, 0) is 6.54 Å². The highest BCUT2D eigenvalue weighted by Gasteiger charge is 2.20. The smallest absolute Gasteiger partial charge is 0.248 e. The van der Waals surface area contributed by atoms with Gasteiger partial charge in [0.05, 0.1) is 5.60 Å². The molecule has 1 amide bonds. The Hall–Kier alpha value is -1.43. The lowest BCUT2D eigenvalue weighted by Crippen LogP contribution is -2.45. The number of aryl methyl sites for hydroxylation is 1. The number of rotatable bonds is 7. The van der Waals surface area contributed by atoms with Crippen LogP contribution < -0.4 is 11.1 Å². The third-order valence-electron chi connectivity index (χ3n) is 3.11. The van der Waals surface area contributed by atoms with Crippen molar-refractivity contribution >= 4 is 5.91 Å². The van der Waals surface area contributed by atoms with Crippen molar-refractivity contribution in [3.8, 4) is 0 Å². The maximum absolute atomic E-state index is 11.1. The Kier molecular flexibility index (Phi) is 5.68. The van der Waals surface area contributed by atoms with Crippen molar-refractivity contribution in [1.82, 2.24) is 10.2 Å². The van der Waals surface area contributed by atoms with E-state index in [1.54, 1.807) is 12.1 Å². The molecule has 5 heteroatoms. The summed E-state index contributed by atoms with van der Waals surface area (Å²) in [7, 11) is 3.86. The van der Waals surface area contributed by atoms with Crippen LogP contribution in [0.2, 0.25) is 0 Å². The maximum atomic E-state index is 11.1. The Balaban J connectivity index is 2.56. The molecule has 5 nitrogen and oxygen atoms in total. The number of nitrogens with one attached hydrogen (secondary N) is 1. The van der Waals surface area contributed by atoms with Crippen LogP contribution in [0.15, 0.2) is 18.2 Å². The number of aliphatic hydroxyl groups is 1. The van der Waals surface area contributed by atoms with E-state index >= 15 is 0 Å². The van der Waals surface area contributed by atoms with Crippen molar-refractivity contribution in [2.75, 3.05) is 27.2 Å². The average Bonchev–Trinajstić information content (AvgIpc) is 2.29. The Morgan fingerprint density at radius 2 is 2.10 bits per heavy atom. The number of hydrogen-bond acceptors (Lipinski definition) is 4. The van der Waals surface area contributed by atoms with Gasteiger partial charge in [-0.2, -0.15) is 0 Å². The maximum Gasteiger partial charge on any atom is 0.248 e. The van der Waals surface area contributed by atoms with E-state index in [1.165, 1.54) is 0 Å². The monoisotopic (exact) mass is 279 g/mol. The molecule has 0 aliphatic rings. The molecule has 0 saturated carbocycles. The first-order valence-electron chi connectivity index (χ1n) is 6.68. The van der Waals surface area contributed by atoms with Gasteiger partial charge in [-0.1, -0.05) is 6.07 Å². The summed E-state index contributed by atoms with van der Waals surface area (Å²) in [6, 6.07) is 5.41. The lowest BCUT2D eigenvalue weighted by molar-refractivity contribution is 0.0336. The van der Waals surface area contributed by atoms with Crippen molar-refractivity contribution in [3.05, 3.63) is 34.9 Å². The second kappa shape index (κ2) is 6.83. The number of hydrogen-bond donors (Lipinski definition) is 3. The third-order valence-corrected chi connectivity index (χ3v) is 3.11. The normalized spacial score (nSPS) is 14.3. The zero-order chi connectivity index (χ0) is 15.3. The minimum atomic E-state index is -0.773. The Labute approximate surface area is 120 Å². The van der Waals surface area contributed by atoms with Crippen molar-refractivity contribution in [3.63, 3.8) is 0 Å². The van der Waals surface area contributed by atoms with E-state index in [4.69, 9.17) is 5.73 Å². The zero-order valence-electron chi connectivity index (χ0n) is 12.7. The van der Waals surface area contributed by atoms with Crippen LogP contribution >= 0.6 is 0 Å². The highest BCUT2D eigenvalue weighted by atomic mass is 16.3. The van der Waals surface area contributed by atoms with Crippen LogP contribution in [0.25, 0.3) is 0 Å². The fourth-order valence-corrected chi connectivity index (χ4v) is 2.25. The van der Waals surface area contributed by atoms with Gasteiger partial charge in [0.1, 0.15) is 0 Å². The third kappa shape index (κ3) is 5.28. The fourth-order valence-electron chi connectivity index (χ4n) is 2.25. The molecule has 1 rings (SSSR count). The molecule has 0 fully saturated rings.